The van der Waals surface area contributed by atoms with E-state index in [2.05, 4.69) is 31.2 Å². The first-order chi connectivity index (χ1) is 11.7. The predicted octanol–water partition coefficient (Wildman–Crippen LogP) is 3.28. The summed E-state index contributed by atoms with van der Waals surface area (Å²) in [5.41, 5.74) is 3.51. The highest BCUT2D eigenvalue weighted by Crippen LogP contribution is 2.37. The van der Waals surface area contributed by atoms with Crippen molar-refractivity contribution in [3.8, 4) is 11.5 Å². The molecule has 1 amide bonds. The summed E-state index contributed by atoms with van der Waals surface area (Å²) < 4.78 is 10.8. The molecule has 2 aliphatic rings. The van der Waals surface area contributed by atoms with Crippen molar-refractivity contribution >= 4 is 5.91 Å². The predicted molar refractivity (Wildman–Crippen MR) is 91.4 cm³/mol. The van der Waals surface area contributed by atoms with E-state index in [1.807, 2.05) is 23.1 Å². The molecule has 4 nitrogen and oxygen atoms in total. The van der Waals surface area contributed by atoms with Gasteiger partial charge in [0, 0.05) is 19.0 Å². The summed E-state index contributed by atoms with van der Waals surface area (Å²) in [6.45, 7) is 3.96. The standard InChI is InChI=1S/C20H21NO3/c1-14-3-2-4-15(9-14)10-20(22)21-8-7-17(12-21)16-5-6-18-19(11-16)24-13-23-18/h2-6,9,11,17H,7-8,10,12-13H2,1H3. The zero-order chi connectivity index (χ0) is 16.5. The molecule has 2 heterocycles. The maximum Gasteiger partial charge on any atom is 0.231 e. The van der Waals surface area contributed by atoms with Crippen LogP contribution in [0.2, 0.25) is 0 Å². The molecule has 1 saturated heterocycles. The zero-order valence-corrected chi connectivity index (χ0v) is 13.8. The largest absolute Gasteiger partial charge is 0.454 e. The summed E-state index contributed by atoms with van der Waals surface area (Å²) in [6, 6.07) is 14.3. The Morgan fingerprint density at radius 2 is 2.04 bits per heavy atom. The van der Waals surface area contributed by atoms with Crippen LogP contribution >= 0.6 is 0 Å². The van der Waals surface area contributed by atoms with Crippen molar-refractivity contribution in [1.29, 1.82) is 0 Å². The van der Waals surface area contributed by atoms with Gasteiger partial charge in [0.15, 0.2) is 11.5 Å². The molecule has 2 aromatic rings. The van der Waals surface area contributed by atoms with Gasteiger partial charge in [-0.2, -0.15) is 0 Å². The number of hydrogen-bond acceptors (Lipinski definition) is 3. The SMILES string of the molecule is Cc1cccc(CC(=O)N2CCC(c3ccc4c(c3)OCO4)C2)c1. The Morgan fingerprint density at radius 1 is 1.17 bits per heavy atom. The topological polar surface area (TPSA) is 38.8 Å². The molecule has 0 saturated carbocycles. The Labute approximate surface area is 142 Å². The second kappa shape index (κ2) is 6.19. The smallest absolute Gasteiger partial charge is 0.231 e. The average Bonchev–Trinajstić information content (AvgIpc) is 3.23. The van der Waals surface area contributed by atoms with E-state index in [0.29, 0.717) is 19.1 Å². The molecule has 0 aromatic heterocycles. The monoisotopic (exact) mass is 323 g/mol. The zero-order valence-electron chi connectivity index (χ0n) is 13.8. The van der Waals surface area contributed by atoms with E-state index in [9.17, 15) is 4.79 Å². The summed E-state index contributed by atoms with van der Waals surface area (Å²) in [5, 5.41) is 0. The quantitative estimate of drug-likeness (QED) is 0.870. The average molecular weight is 323 g/mol. The lowest BCUT2D eigenvalue weighted by atomic mass is 9.98. The molecule has 2 aliphatic heterocycles. The first-order valence-corrected chi connectivity index (χ1v) is 8.42. The number of rotatable bonds is 3. The van der Waals surface area contributed by atoms with Gasteiger partial charge in [0.2, 0.25) is 12.7 Å². The first-order valence-electron chi connectivity index (χ1n) is 8.42. The number of ether oxygens (including phenoxy) is 2. The molecule has 2 aromatic carbocycles. The van der Waals surface area contributed by atoms with Crippen molar-refractivity contribution in [2.45, 2.75) is 25.7 Å². The van der Waals surface area contributed by atoms with Crippen LogP contribution in [-0.2, 0) is 11.2 Å². The van der Waals surface area contributed by atoms with Gasteiger partial charge in [-0.1, -0.05) is 35.9 Å². The van der Waals surface area contributed by atoms with Crippen molar-refractivity contribution in [1.82, 2.24) is 4.90 Å². The van der Waals surface area contributed by atoms with Gasteiger partial charge in [-0.25, -0.2) is 0 Å². The summed E-state index contributed by atoms with van der Waals surface area (Å²) in [4.78, 5) is 14.6. The van der Waals surface area contributed by atoms with E-state index in [4.69, 9.17) is 9.47 Å². The van der Waals surface area contributed by atoms with E-state index < -0.39 is 0 Å². The van der Waals surface area contributed by atoms with Gasteiger partial charge in [-0.15, -0.1) is 0 Å². The fraction of sp³-hybridized carbons (Fsp3) is 0.350. The molecule has 1 unspecified atom stereocenters. The summed E-state index contributed by atoms with van der Waals surface area (Å²) in [7, 11) is 0. The minimum absolute atomic E-state index is 0.212. The van der Waals surface area contributed by atoms with Crippen molar-refractivity contribution in [2.75, 3.05) is 19.9 Å². The lowest BCUT2D eigenvalue weighted by molar-refractivity contribution is -0.129. The third kappa shape index (κ3) is 2.96. The van der Waals surface area contributed by atoms with E-state index >= 15 is 0 Å². The minimum atomic E-state index is 0.212. The second-order valence-electron chi connectivity index (χ2n) is 6.60. The molecule has 0 N–H and O–H groups in total. The molecule has 1 atom stereocenters. The molecular weight excluding hydrogens is 302 g/mol. The number of carbonyl (C=O) groups is 1. The lowest BCUT2D eigenvalue weighted by Crippen LogP contribution is -2.29. The van der Waals surface area contributed by atoms with Gasteiger partial charge >= 0.3 is 0 Å². The molecule has 4 heteroatoms. The van der Waals surface area contributed by atoms with Gasteiger partial charge in [0.25, 0.3) is 0 Å². The number of aryl methyl sites for hydroxylation is 1. The third-order valence-corrected chi connectivity index (χ3v) is 4.85. The van der Waals surface area contributed by atoms with Crippen LogP contribution in [-0.4, -0.2) is 30.7 Å². The molecule has 24 heavy (non-hydrogen) atoms. The molecule has 4 rings (SSSR count). The Balaban J connectivity index is 1.41. The normalized spacial score (nSPS) is 18.9. The molecular formula is C20H21NO3. The number of amides is 1. The lowest BCUT2D eigenvalue weighted by Gasteiger charge is -2.17. The Kier molecular flexibility index (Phi) is 3.89. The molecule has 1 fully saturated rings. The number of carbonyl (C=O) groups excluding carboxylic acids is 1. The maximum atomic E-state index is 12.6. The van der Waals surface area contributed by atoms with Gasteiger partial charge < -0.3 is 14.4 Å². The summed E-state index contributed by atoms with van der Waals surface area (Å²) in [6.07, 6.45) is 1.48. The van der Waals surface area contributed by atoms with Crippen molar-refractivity contribution in [3.63, 3.8) is 0 Å². The number of benzene rings is 2. The number of nitrogens with zero attached hydrogens (tertiary/aromatic N) is 1. The molecule has 0 aliphatic carbocycles. The number of fused-ring (bicyclic) bond motifs is 1. The molecule has 124 valence electrons. The molecule has 0 radical (unpaired) electrons. The van der Waals surface area contributed by atoms with E-state index in [1.54, 1.807) is 0 Å². The summed E-state index contributed by atoms with van der Waals surface area (Å²) in [5.74, 6) is 2.21. The van der Waals surface area contributed by atoms with Gasteiger partial charge in [0.1, 0.15) is 0 Å². The fourth-order valence-corrected chi connectivity index (χ4v) is 3.53. The van der Waals surface area contributed by atoms with Crippen LogP contribution < -0.4 is 9.47 Å². The maximum absolute atomic E-state index is 12.6. The van der Waals surface area contributed by atoms with Gasteiger partial charge in [0.05, 0.1) is 6.42 Å². The van der Waals surface area contributed by atoms with E-state index in [1.165, 1.54) is 11.1 Å². The fourth-order valence-electron chi connectivity index (χ4n) is 3.53. The van der Waals surface area contributed by atoms with E-state index in [-0.39, 0.29) is 5.91 Å². The number of hydrogen-bond donors (Lipinski definition) is 0. The highest BCUT2D eigenvalue weighted by molar-refractivity contribution is 5.79. The van der Waals surface area contributed by atoms with Crippen molar-refractivity contribution in [3.05, 3.63) is 59.2 Å². The van der Waals surface area contributed by atoms with Crippen LogP contribution in [0.3, 0.4) is 0 Å². The highest BCUT2D eigenvalue weighted by atomic mass is 16.7. The van der Waals surface area contributed by atoms with Crippen LogP contribution in [0.5, 0.6) is 11.5 Å². The molecule has 0 spiro atoms. The van der Waals surface area contributed by atoms with Crippen molar-refractivity contribution < 1.29 is 14.3 Å². The van der Waals surface area contributed by atoms with E-state index in [0.717, 1.165) is 36.6 Å². The van der Waals surface area contributed by atoms with Gasteiger partial charge in [-0.05, 0) is 36.6 Å². The van der Waals surface area contributed by atoms with Crippen LogP contribution in [0.1, 0.15) is 29.0 Å². The minimum Gasteiger partial charge on any atom is -0.454 e. The van der Waals surface area contributed by atoms with Crippen LogP contribution in [0.15, 0.2) is 42.5 Å². The van der Waals surface area contributed by atoms with Gasteiger partial charge in [-0.3, -0.25) is 4.79 Å². The summed E-state index contributed by atoms with van der Waals surface area (Å²) >= 11 is 0. The highest BCUT2D eigenvalue weighted by Gasteiger charge is 2.28. The Morgan fingerprint density at radius 3 is 2.92 bits per heavy atom. The van der Waals surface area contributed by atoms with Crippen LogP contribution in [0.4, 0.5) is 0 Å². The number of likely N-dealkylation sites (tertiary alicyclic amines) is 1. The van der Waals surface area contributed by atoms with Crippen LogP contribution in [0, 0.1) is 6.92 Å². The van der Waals surface area contributed by atoms with Crippen LogP contribution in [0.25, 0.3) is 0 Å². The Bertz CT molecular complexity index is 771. The Hall–Kier alpha value is -2.49. The third-order valence-electron chi connectivity index (χ3n) is 4.85. The van der Waals surface area contributed by atoms with Crippen molar-refractivity contribution in [2.24, 2.45) is 0 Å². The second-order valence-corrected chi connectivity index (χ2v) is 6.60. The molecule has 0 bridgehead atoms. The first kappa shape index (κ1) is 15.1.